The minimum absolute atomic E-state index is 0.218. The van der Waals surface area contributed by atoms with Crippen LogP contribution in [-0.4, -0.2) is 5.11 Å². The van der Waals surface area contributed by atoms with Crippen molar-refractivity contribution in [3.8, 4) is 0 Å². The topological polar surface area (TPSA) is 62.5 Å². The zero-order valence-corrected chi connectivity index (χ0v) is 14.6. The Morgan fingerprint density at radius 3 is 2.22 bits per heavy atom. The molecule has 1 unspecified atom stereocenters. The lowest BCUT2D eigenvalue weighted by molar-refractivity contribution is 0.216. The number of rotatable bonds is 5. The summed E-state index contributed by atoms with van der Waals surface area (Å²) in [6, 6.07) is 26.4. The molecule has 3 aromatic carbocycles. The molecule has 4 nitrogen and oxygen atoms in total. The summed E-state index contributed by atoms with van der Waals surface area (Å²) in [5, 5.41) is 15.0. The lowest BCUT2D eigenvalue weighted by atomic mass is 9.99. The molecule has 4 heteroatoms. The van der Waals surface area contributed by atoms with Gasteiger partial charge in [0, 0.05) is 11.9 Å². The summed E-state index contributed by atoms with van der Waals surface area (Å²) in [6.45, 7) is 0.531. The molecule has 4 aromatic rings. The van der Waals surface area contributed by atoms with E-state index in [0.717, 1.165) is 10.9 Å². The Balaban J connectivity index is 1.84. The maximum Gasteiger partial charge on any atom is 0.344 e. The van der Waals surface area contributed by atoms with E-state index < -0.39 is 11.7 Å². The van der Waals surface area contributed by atoms with E-state index in [2.05, 4.69) is 5.32 Å². The minimum Gasteiger partial charge on any atom is -0.422 e. The molecule has 0 aliphatic carbocycles. The number of hydrogen-bond acceptors (Lipinski definition) is 4. The van der Waals surface area contributed by atoms with E-state index in [4.69, 9.17) is 4.42 Å². The maximum atomic E-state index is 12.7. The van der Waals surface area contributed by atoms with Crippen LogP contribution < -0.4 is 10.9 Å². The first kappa shape index (κ1) is 17.1. The van der Waals surface area contributed by atoms with E-state index in [0.29, 0.717) is 23.4 Å². The van der Waals surface area contributed by atoms with Gasteiger partial charge in [-0.05, 0) is 23.3 Å². The van der Waals surface area contributed by atoms with Crippen molar-refractivity contribution in [2.24, 2.45) is 0 Å². The van der Waals surface area contributed by atoms with Gasteiger partial charge in [0.15, 0.2) is 0 Å². The molecular weight excluding hydrogens is 338 g/mol. The molecular formula is C23H19NO3. The number of nitrogens with one attached hydrogen (secondary N) is 1. The molecule has 2 N–H and O–H groups in total. The number of hydrogen-bond donors (Lipinski definition) is 2. The number of fused-ring (bicyclic) bond motifs is 1. The van der Waals surface area contributed by atoms with Crippen LogP contribution >= 0.6 is 0 Å². The smallest absolute Gasteiger partial charge is 0.344 e. The number of anilines is 1. The lowest BCUT2D eigenvalue weighted by Crippen LogP contribution is -2.17. The monoisotopic (exact) mass is 357 g/mol. The summed E-state index contributed by atoms with van der Waals surface area (Å²) in [5.41, 5.74) is 2.48. The summed E-state index contributed by atoms with van der Waals surface area (Å²) < 4.78 is 5.47. The predicted molar refractivity (Wildman–Crippen MR) is 107 cm³/mol. The summed E-state index contributed by atoms with van der Waals surface area (Å²) >= 11 is 0. The molecule has 1 heterocycles. The molecule has 4 rings (SSSR count). The van der Waals surface area contributed by atoms with Crippen LogP contribution in [0.15, 0.2) is 94.1 Å². The molecule has 0 aliphatic rings. The average molecular weight is 357 g/mol. The Labute approximate surface area is 156 Å². The van der Waals surface area contributed by atoms with Crippen molar-refractivity contribution in [2.75, 3.05) is 5.32 Å². The molecule has 27 heavy (non-hydrogen) atoms. The van der Waals surface area contributed by atoms with Crippen molar-refractivity contribution in [3.63, 3.8) is 0 Å². The van der Waals surface area contributed by atoms with Crippen molar-refractivity contribution in [3.05, 3.63) is 112 Å². The summed E-state index contributed by atoms with van der Waals surface area (Å²) in [7, 11) is 0. The minimum atomic E-state index is -1.08. The Kier molecular flexibility index (Phi) is 4.73. The SMILES string of the molecule is O=c1oc2ccccc2c(NCc2ccccc2)c1C(O)c1ccccc1. The number of aliphatic hydroxyl groups is 1. The summed E-state index contributed by atoms with van der Waals surface area (Å²) in [5.74, 6) is 0. The molecule has 134 valence electrons. The van der Waals surface area contributed by atoms with Crippen LogP contribution in [0.5, 0.6) is 0 Å². The van der Waals surface area contributed by atoms with Crippen LogP contribution in [0.2, 0.25) is 0 Å². The third kappa shape index (κ3) is 3.48. The molecule has 1 atom stereocenters. The quantitative estimate of drug-likeness (QED) is 0.517. The lowest BCUT2D eigenvalue weighted by Gasteiger charge is -2.18. The van der Waals surface area contributed by atoms with Gasteiger partial charge in [0.05, 0.1) is 11.3 Å². The van der Waals surface area contributed by atoms with Gasteiger partial charge >= 0.3 is 5.63 Å². The van der Waals surface area contributed by atoms with E-state index in [-0.39, 0.29) is 5.56 Å². The first-order valence-electron chi connectivity index (χ1n) is 8.80. The predicted octanol–water partition coefficient (Wildman–Crippen LogP) is 4.49. The van der Waals surface area contributed by atoms with Crippen molar-refractivity contribution >= 4 is 16.7 Å². The molecule has 0 bridgehead atoms. The van der Waals surface area contributed by atoms with Crippen LogP contribution in [0.1, 0.15) is 22.8 Å². The van der Waals surface area contributed by atoms with Gasteiger partial charge in [0.2, 0.25) is 0 Å². The normalized spacial score (nSPS) is 12.0. The van der Waals surface area contributed by atoms with Crippen LogP contribution in [0, 0.1) is 0 Å². The molecule has 0 amide bonds. The van der Waals surface area contributed by atoms with Gasteiger partial charge in [-0.15, -0.1) is 0 Å². The third-order valence-electron chi connectivity index (χ3n) is 4.55. The molecule has 0 saturated heterocycles. The first-order chi connectivity index (χ1) is 13.2. The first-order valence-corrected chi connectivity index (χ1v) is 8.80. The Bertz CT molecular complexity index is 1100. The zero-order valence-electron chi connectivity index (χ0n) is 14.6. The Morgan fingerprint density at radius 2 is 1.48 bits per heavy atom. The molecule has 1 aromatic heterocycles. The van der Waals surface area contributed by atoms with E-state index in [1.807, 2.05) is 66.7 Å². The van der Waals surface area contributed by atoms with E-state index in [1.54, 1.807) is 18.2 Å². The second-order valence-electron chi connectivity index (χ2n) is 6.33. The number of para-hydroxylation sites is 1. The maximum absolute atomic E-state index is 12.7. The van der Waals surface area contributed by atoms with Crippen LogP contribution in [0.4, 0.5) is 5.69 Å². The van der Waals surface area contributed by atoms with Crippen LogP contribution in [0.25, 0.3) is 11.0 Å². The van der Waals surface area contributed by atoms with Gasteiger partial charge < -0.3 is 14.8 Å². The molecule has 0 aliphatic heterocycles. The number of benzene rings is 3. The standard InChI is InChI=1S/C23H19NO3/c25-22(17-11-5-2-6-12-17)20-21(24-15-16-9-3-1-4-10-16)18-13-7-8-14-19(18)27-23(20)26/h1-14,22,24-25H,15H2. The van der Waals surface area contributed by atoms with Crippen molar-refractivity contribution in [1.82, 2.24) is 0 Å². The van der Waals surface area contributed by atoms with E-state index in [1.165, 1.54) is 0 Å². The highest BCUT2D eigenvalue weighted by atomic mass is 16.4. The van der Waals surface area contributed by atoms with Gasteiger partial charge in [-0.3, -0.25) is 0 Å². The van der Waals surface area contributed by atoms with Crippen LogP contribution in [0.3, 0.4) is 0 Å². The third-order valence-corrected chi connectivity index (χ3v) is 4.55. The van der Waals surface area contributed by atoms with Crippen molar-refractivity contribution < 1.29 is 9.52 Å². The highest BCUT2D eigenvalue weighted by molar-refractivity contribution is 5.91. The van der Waals surface area contributed by atoms with E-state index >= 15 is 0 Å². The van der Waals surface area contributed by atoms with E-state index in [9.17, 15) is 9.90 Å². The fourth-order valence-electron chi connectivity index (χ4n) is 3.19. The zero-order chi connectivity index (χ0) is 18.6. The highest BCUT2D eigenvalue weighted by Gasteiger charge is 2.22. The molecule has 0 fully saturated rings. The average Bonchev–Trinajstić information content (AvgIpc) is 2.72. The number of aliphatic hydroxyl groups excluding tert-OH is 1. The largest absolute Gasteiger partial charge is 0.422 e. The second-order valence-corrected chi connectivity index (χ2v) is 6.33. The van der Waals surface area contributed by atoms with Gasteiger partial charge in [0.1, 0.15) is 11.7 Å². The Morgan fingerprint density at radius 1 is 0.852 bits per heavy atom. The second kappa shape index (κ2) is 7.48. The molecule has 0 spiro atoms. The molecule has 0 saturated carbocycles. The van der Waals surface area contributed by atoms with Gasteiger partial charge in [-0.2, -0.15) is 0 Å². The fraction of sp³-hybridized carbons (Fsp3) is 0.0870. The Hall–Kier alpha value is -3.37. The highest BCUT2D eigenvalue weighted by Crippen LogP contribution is 2.32. The van der Waals surface area contributed by atoms with Crippen molar-refractivity contribution in [2.45, 2.75) is 12.6 Å². The van der Waals surface area contributed by atoms with Crippen LogP contribution in [-0.2, 0) is 6.54 Å². The fourth-order valence-corrected chi connectivity index (χ4v) is 3.19. The van der Waals surface area contributed by atoms with Gasteiger partial charge in [0.25, 0.3) is 0 Å². The van der Waals surface area contributed by atoms with Gasteiger partial charge in [-0.1, -0.05) is 72.8 Å². The summed E-state index contributed by atoms with van der Waals surface area (Å²) in [6.07, 6.45) is -1.08. The van der Waals surface area contributed by atoms with Crippen molar-refractivity contribution in [1.29, 1.82) is 0 Å². The molecule has 0 radical (unpaired) electrons. The van der Waals surface area contributed by atoms with Gasteiger partial charge in [-0.25, -0.2) is 4.79 Å². The summed E-state index contributed by atoms with van der Waals surface area (Å²) in [4.78, 5) is 12.7.